The second kappa shape index (κ2) is 6.35. The molecule has 2 unspecified atom stereocenters. The van der Waals surface area contributed by atoms with Crippen LogP contribution in [0.3, 0.4) is 0 Å². The van der Waals surface area contributed by atoms with Crippen molar-refractivity contribution in [1.29, 1.82) is 0 Å². The minimum absolute atomic E-state index is 0.451. The van der Waals surface area contributed by atoms with E-state index in [9.17, 15) is 0 Å². The molecule has 0 heterocycles. The van der Waals surface area contributed by atoms with Gasteiger partial charge in [-0.25, -0.2) is 0 Å². The smallest absolute Gasteiger partial charge is 0.0723 e. The Kier molecular flexibility index (Phi) is 4.79. The highest BCUT2D eigenvalue weighted by molar-refractivity contribution is 5.30. The number of hydrogen-bond acceptors (Lipinski definition) is 2. The first-order valence-electron chi connectivity index (χ1n) is 7.10. The molecule has 1 saturated carbocycles. The van der Waals surface area contributed by atoms with Gasteiger partial charge in [-0.05, 0) is 42.4 Å². The van der Waals surface area contributed by atoms with Crippen molar-refractivity contribution in [1.82, 2.24) is 0 Å². The first kappa shape index (κ1) is 13.6. The van der Waals surface area contributed by atoms with E-state index in [1.807, 2.05) is 0 Å². The van der Waals surface area contributed by atoms with Gasteiger partial charge < -0.3 is 10.5 Å². The van der Waals surface area contributed by atoms with Crippen LogP contribution >= 0.6 is 0 Å². The third kappa shape index (κ3) is 3.33. The molecule has 0 amide bonds. The molecule has 1 aromatic carbocycles. The number of benzene rings is 1. The number of hydrogen-bond donors (Lipinski definition) is 1. The molecule has 2 atom stereocenters. The van der Waals surface area contributed by atoms with Crippen molar-refractivity contribution >= 4 is 0 Å². The maximum Gasteiger partial charge on any atom is 0.0723 e. The van der Waals surface area contributed by atoms with E-state index in [4.69, 9.17) is 10.5 Å². The van der Waals surface area contributed by atoms with Crippen molar-refractivity contribution in [2.24, 2.45) is 11.7 Å². The summed E-state index contributed by atoms with van der Waals surface area (Å²) in [7, 11) is 0. The summed E-state index contributed by atoms with van der Waals surface area (Å²) in [6.45, 7) is 5.81. The van der Waals surface area contributed by atoms with Gasteiger partial charge in [-0.3, -0.25) is 0 Å². The first-order chi connectivity index (χ1) is 8.70. The van der Waals surface area contributed by atoms with Crippen molar-refractivity contribution in [3.05, 3.63) is 34.9 Å². The molecule has 0 aromatic heterocycles. The maximum absolute atomic E-state index is 6.10. The van der Waals surface area contributed by atoms with Crippen LogP contribution in [0.4, 0.5) is 0 Å². The van der Waals surface area contributed by atoms with E-state index in [0.29, 0.717) is 18.6 Å². The summed E-state index contributed by atoms with van der Waals surface area (Å²) < 4.78 is 6.10. The molecule has 2 nitrogen and oxygen atoms in total. The van der Waals surface area contributed by atoms with Gasteiger partial charge in [0, 0.05) is 6.54 Å². The van der Waals surface area contributed by atoms with Gasteiger partial charge >= 0.3 is 0 Å². The van der Waals surface area contributed by atoms with E-state index in [1.165, 1.54) is 42.4 Å². The third-order valence-electron chi connectivity index (χ3n) is 4.13. The highest BCUT2D eigenvalue weighted by atomic mass is 16.5. The van der Waals surface area contributed by atoms with Gasteiger partial charge in [0.1, 0.15) is 0 Å². The van der Waals surface area contributed by atoms with E-state index in [-0.39, 0.29) is 0 Å². The van der Waals surface area contributed by atoms with Crippen LogP contribution in [0.1, 0.15) is 49.3 Å². The van der Waals surface area contributed by atoms with Crippen LogP contribution in [0.2, 0.25) is 0 Å². The Balaban J connectivity index is 1.93. The minimum atomic E-state index is 0.451. The van der Waals surface area contributed by atoms with Crippen molar-refractivity contribution in [3.63, 3.8) is 0 Å². The van der Waals surface area contributed by atoms with Crippen LogP contribution in [0.15, 0.2) is 18.2 Å². The van der Waals surface area contributed by atoms with Crippen LogP contribution in [-0.2, 0) is 17.9 Å². The normalized spacial score (nSPS) is 24.2. The predicted octanol–water partition coefficient (Wildman–Crippen LogP) is 3.55. The second-order valence-corrected chi connectivity index (χ2v) is 5.58. The highest BCUT2D eigenvalue weighted by Gasteiger charge is 2.21. The van der Waals surface area contributed by atoms with Gasteiger partial charge in [-0.1, -0.05) is 38.0 Å². The van der Waals surface area contributed by atoms with E-state index < -0.39 is 0 Å². The Morgan fingerprint density at radius 2 is 2.06 bits per heavy atom. The lowest BCUT2D eigenvalue weighted by Gasteiger charge is -2.29. The Hall–Kier alpha value is -0.860. The summed E-state index contributed by atoms with van der Waals surface area (Å²) >= 11 is 0. The average molecular weight is 247 g/mol. The van der Waals surface area contributed by atoms with Crippen LogP contribution in [-0.4, -0.2) is 6.10 Å². The third-order valence-corrected chi connectivity index (χ3v) is 4.13. The van der Waals surface area contributed by atoms with E-state index in [1.54, 1.807) is 0 Å². The van der Waals surface area contributed by atoms with E-state index in [0.717, 1.165) is 6.61 Å². The van der Waals surface area contributed by atoms with Crippen molar-refractivity contribution < 1.29 is 4.74 Å². The largest absolute Gasteiger partial charge is 0.373 e. The molecule has 2 N–H and O–H groups in total. The van der Waals surface area contributed by atoms with Crippen LogP contribution in [0.5, 0.6) is 0 Å². The monoisotopic (exact) mass is 247 g/mol. The van der Waals surface area contributed by atoms with Crippen molar-refractivity contribution in [2.45, 2.75) is 58.8 Å². The van der Waals surface area contributed by atoms with Crippen LogP contribution in [0, 0.1) is 12.8 Å². The van der Waals surface area contributed by atoms with Gasteiger partial charge in [-0.15, -0.1) is 0 Å². The molecular formula is C16H25NO. The lowest BCUT2D eigenvalue weighted by Crippen LogP contribution is -2.25. The Labute approximate surface area is 111 Å². The molecule has 2 rings (SSSR count). The molecule has 0 spiro atoms. The second-order valence-electron chi connectivity index (χ2n) is 5.58. The van der Waals surface area contributed by atoms with Gasteiger partial charge in [0.05, 0.1) is 12.7 Å². The molecular weight excluding hydrogens is 222 g/mol. The summed E-state index contributed by atoms with van der Waals surface area (Å²) in [5.74, 6) is 0.711. The number of rotatable bonds is 4. The Morgan fingerprint density at radius 1 is 1.28 bits per heavy atom. The lowest BCUT2D eigenvalue weighted by molar-refractivity contribution is -0.0156. The van der Waals surface area contributed by atoms with Gasteiger partial charge in [0.15, 0.2) is 0 Å². The fourth-order valence-electron chi connectivity index (χ4n) is 2.77. The standard InChI is InChI=1S/C16H25NO/c1-12-5-3-4-6-16(12)18-11-15-8-7-14(10-17)9-13(15)2/h7-9,12,16H,3-6,10-11,17H2,1-2H3. The topological polar surface area (TPSA) is 35.2 Å². The fourth-order valence-corrected chi connectivity index (χ4v) is 2.77. The summed E-state index contributed by atoms with van der Waals surface area (Å²) in [4.78, 5) is 0. The van der Waals surface area contributed by atoms with E-state index in [2.05, 4.69) is 32.0 Å². The first-order valence-corrected chi connectivity index (χ1v) is 7.10. The number of ether oxygens (including phenoxy) is 1. The highest BCUT2D eigenvalue weighted by Crippen LogP contribution is 2.27. The quantitative estimate of drug-likeness (QED) is 0.883. The fraction of sp³-hybridized carbons (Fsp3) is 0.625. The van der Waals surface area contributed by atoms with Crippen LogP contribution in [0.25, 0.3) is 0 Å². The summed E-state index contributed by atoms with van der Waals surface area (Å²) in [5, 5.41) is 0. The van der Waals surface area contributed by atoms with Crippen molar-refractivity contribution in [2.75, 3.05) is 0 Å². The average Bonchev–Trinajstić information content (AvgIpc) is 2.39. The molecule has 0 radical (unpaired) electrons. The zero-order valence-corrected chi connectivity index (χ0v) is 11.6. The molecule has 0 saturated heterocycles. The summed E-state index contributed by atoms with van der Waals surface area (Å²) in [5.41, 5.74) is 9.43. The minimum Gasteiger partial charge on any atom is -0.373 e. The zero-order chi connectivity index (χ0) is 13.0. The molecule has 1 aliphatic rings. The summed E-state index contributed by atoms with van der Waals surface area (Å²) in [6, 6.07) is 6.43. The summed E-state index contributed by atoms with van der Waals surface area (Å²) in [6.07, 6.45) is 5.68. The maximum atomic E-state index is 6.10. The van der Waals surface area contributed by atoms with E-state index >= 15 is 0 Å². The predicted molar refractivity (Wildman–Crippen MR) is 75.3 cm³/mol. The SMILES string of the molecule is Cc1cc(CN)ccc1COC1CCCCC1C. The molecule has 1 aliphatic carbocycles. The Morgan fingerprint density at radius 3 is 2.72 bits per heavy atom. The number of nitrogens with two attached hydrogens (primary N) is 1. The lowest BCUT2D eigenvalue weighted by atomic mass is 9.88. The number of aryl methyl sites for hydroxylation is 1. The zero-order valence-electron chi connectivity index (χ0n) is 11.6. The van der Waals surface area contributed by atoms with Gasteiger partial charge in [0.25, 0.3) is 0 Å². The molecule has 1 aromatic rings. The van der Waals surface area contributed by atoms with Gasteiger partial charge in [-0.2, -0.15) is 0 Å². The van der Waals surface area contributed by atoms with Crippen molar-refractivity contribution in [3.8, 4) is 0 Å². The molecule has 1 fully saturated rings. The van der Waals surface area contributed by atoms with Gasteiger partial charge in [0.2, 0.25) is 0 Å². The molecule has 18 heavy (non-hydrogen) atoms. The molecule has 0 bridgehead atoms. The Bertz CT molecular complexity index is 389. The molecule has 0 aliphatic heterocycles. The van der Waals surface area contributed by atoms with Crippen LogP contribution < -0.4 is 5.73 Å². The molecule has 100 valence electrons. The molecule has 2 heteroatoms.